The molecule has 0 radical (unpaired) electrons. The number of anilines is 4. The van der Waals surface area contributed by atoms with E-state index in [9.17, 15) is 18.0 Å². The van der Waals surface area contributed by atoms with Gasteiger partial charge >= 0.3 is 12.2 Å². The molecule has 0 saturated carbocycles. The fourth-order valence-electron chi connectivity index (χ4n) is 5.18. The lowest BCUT2D eigenvalue weighted by atomic mass is 10.1. The number of piperazine rings is 1. The molecule has 3 saturated heterocycles. The predicted molar refractivity (Wildman–Crippen MR) is 148 cm³/mol. The van der Waals surface area contributed by atoms with Gasteiger partial charge in [-0.05, 0) is 37.8 Å². The Labute approximate surface area is 233 Å². The van der Waals surface area contributed by atoms with Gasteiger partial charge in [0.25, 0.3) is 0 Å². The number of carbonyl (C=O) groups is 1. The Morgan fingerprint density at radius 2 is 1.23 bits per heavy atom. The molecule has 5 heterocycles. The number of amides is 2. The molecule has 3 aromatic rings. The van der Waals surface area contributed by atoms with Crippen molar-refractivity contribution in [2.75, 3.05) is 72.4 Å². The summed E-state index contributed by atoms with van der Waals surface area (Å²) in [6.07, 6.45) is 0.161. The summed E-state index contributed by atoms with van der Waals surface area (Å²) in [4.78, 5) is 40.0. The van der Waals surface area contributed by atoms with Gasteiger partial charge in [-0.3, -0.25) is 5.32 Å². The zero-order valence-corrected chi connectivity index (χ0v) is 22.7. The molecule has 0 atom stereocenters. The summed E-state index contributed by atoms with van der Waals surface area (Å²) in [5, 5.41) is 4.93. The molecule has 6 rings (SSSR count). The van der Waals surface area contributed by atoms with Crippen molar-refractivity contribution in [2.45, 2.75) is 31.9 Å². The summed E-state index contributed by atoms with van der Waals surface area (Å²) in [5.74, 6) is 2.12. The number of nitrogens with one attached hydrogen (secondary N) is 1. The lowest BCUT2D eigenvalue weighted by molar-refractivity contribution is -0.137. The maximum absolute atomic E-state index is 13.0. The highest BCUT2D eigenvalue weighted by atomic mass is 32.1. The Morgan fingerprint density at radius 3 is 1.73 bits per heavy atom. The Kier molecular flexibility index (Phi) is 7.34. The van der Waals surface area contributed by atoms with E-state index < -0.39 is 11.7 Å². The number of carbonyl (C=O) groups excluding carboxylic acids is 1. The number of halogens is 3. The second kappa shape index (κ2) is 11.1. The van der Waals surface area contributed by atoms with Crippen LogP contribution in [0.1, 0.15) is 31.2 Å². The normalized spacial score (nSPS) is 18.1. The first-order valence-corrected chi connectivity index (χ1v) is 14.4. The first-order chi connectivity index (χ1) is 19.3. The molecular weight excluding hydrogens is 543 g/mol. The number of hydrogen-bond acceptors (Lipinski definition) is 9. The van der Waals surface area contributed by atoms with Crippen LogP contribution in [0, 0.1) is 0 Å². The molecule has 0 spiro atoms. The molecule has 3 aliphatic heterocycles. The summed E-state index contributed by atoms with van der Waals surface area (Å²) in [6.45, 7) is 5.97. The third kappa shape index (κ3) is 5.76. The molecule has 212 valence electrons. The van der Waals surface area contributed by atoms with Gasteiger partial charge in [-0.1, -0.05) is 12.1 Å². The van der Waals surface area contributed by atoms with Crippen molar-refractivity contribution in [2.24, 2.45) is 0 Å². The molecule has 2 aromatic heterocycles. The fourth-order valence-corrected chi connectivity index (χ4v) is 5.88. The standard InChI is InChI=1S/C26H30F3N9OS/c27-26(28,29)19-7-5-18(6-8-19)20-17-40-24(30-20)34-25(39)38-15-13-37(14-16-38)23-32-21(35-9-1-2-10-35)31-22(33-23)36-11-3-4-12-36/h5-8,17H,1-4,9-16H2,(H,30,34,39). The van der Waals surface area contributed by atoms with Crippen LogP contribution in [0.3, 0.4) is 0 Å². The van der Waals surface area contributed by atoms with E-state index in [1.807, 2.05) is 0 Å². The van der Waals surface area contributed by atoms with E-state index in [2.05, 4.69) is 25.0 Å². The zero-order chi connectivity index (χ0) is 27.7. The molecule has 14 heteroatoms. The molecule has 0 bridgehead atoms. The van der Waals surface area contributed by atoms with Crippen molar-refractivity contribution in [1.82, 2.24) is 24.8 Å². The summed E-state index contributed by atoms with van der Waals surface area (Å²) >= 11 is 1.23. The minimum absolute atomic E-state index is 0.265. The lowest BCUT2D eigenvalue weighted by Crippen LogP contribution is -2.50. The monoisotopic (exact) mass is 573 g/mol. The lowest BCUT2D eigenvalue weighted by Gasteiger charge is -2.35. The van der Waals surface area contributed by atoms with Crippen LogP contribution in [0.5, 0.6) is 0 Å². The highest BCUT2D eigenvalue weighted by Crippen LogP contribution is 2.32. The van der Waals surface area contributed by atoms with Gasteiger partial charge in [-0.2, -0.15) is 28.1 Å². The quantitative estimate of drug-likeness (QED) is 0.475. The van der Waals surface area contributed by atoms with Crippen LogP contribution in [0.15, 0.2) is 29.6 Å². The van der Waals surface area contributed by atoms with E-state index >= 15 is 0 Å². The minimum Gasteiger partial charge on any atom is -0.341 e. The van der Waals surface area contributed by atoms with E-state index in [0.717, 1.165) is 75.9 Å². The molecule has 1 aromatic carbocycles. The molecule has 1 N–H and O–H groups in total. The molecule has 2 amide bonds. The summed E-state index contributed by atoms with van der Waals surface area (Å²) in [5.41, 5.74) is 0.351. The van der Waals surface area contributed by atoms with E-state index in [1.54, 1.807) is 10.3 Å². The third-order valence-corrected chi connectivity index (χ3v) is 8.21. The van der Waals surface area contributed by atoms with Crippen molar-refractivity contribution >= 4 is 40.3 Å². The first-order valence-electron chi connectivity index (χ1n) is 13.5. The first kappa shape index (κ1) is 26.5. The van der Waals surface area contributed by atoms with E-state index in [4.69, 9.17) is 15.0 Å². The average molecular weight is 574 g/mol. The number of nitrogens with zero attached hydrogens (tertiary/aromatic N) is 8. The third-order valence-electron chi connectivity index (χ3n) is 7.45. The highest BCUT2D eigenvalue weighted by molar-refractivity contribution is 7.14. The Hall–Kier alpha value is -3.68. The van der Waals surface area contributed by atoms with Crippen LogP contribution in [0.2, 0.25) is 0 Å². The second-order valence-electron chi connectivity index (χ2n) is 10.1. The number of aromatic nitrogens is 4. The van der Waals surface area contributed by atoms with Crippen LogP contribution < -0.4 is 20.0 Å². The number of thiazole rings is 1. The molecular formula is C26H30F3N9OS. The molecule has 10 nitrogen and oxygen atoms in total. The fraction of sp³-hybridized carbons (Fsp3) is 0.500. The molecule has 0 aliphatic carbocycles. The number of urea groups is 1. The minimum atomic E-state index is -4.39. The maximum atomic E-state index is 13.0. The molecule has 3 fully saturated rings. The summed E-state index contributed by atoms with van der Waals surface area (Å²) in [7, 11) is 0. The van der Waals surface area contributed by atoms with Crippen molar-refractivity contribution in [3.05, 3.63) is 35.2 Å². The molecule has 3 aliphatic rings. The van der Waals surface area contributed by atoms with Gasteiger partial charge in [-0.25, -0.2) is 9.78 Å². The van der Waals surface area contributed by atoms with Crippen LogP contribution >= 0.6 is 11.3 Å². The SMILES string of the molecule is O=C(Nc1nc(-c2ccc(C(F)(F)F)cc2)cs1)N1CCN(c2nc(N3CCCC3)nc(N3CCCC3)n2)CC1. The number of alkyl halides is 3. The van der Waals surface area contributed by atoms with Crippen LogP contribution in [0.25, 0.3) is 11.3 Å². The van der Waals surface area contributed by atoms with Gasteiger partial charge in [0.2, 0.25) is 17.8 Å². The van der Waals surface area contributed by atoms with Crippen molar-refractivity contribution in [1.29, 1.82) is 0 Å². The predicted octanol–water partition coefficient (Wildman–Crippen LogP) is 4.57. The van der Waals surface area contributed by atoms with E-state index in [1.165, 1.54) is 23.5 Å². The average Bonchev–Trinajstić information content (AvgIpc) is 3.76. The largest absolute Gasteiger partial charge is 0.416 e. The summed E-state index contributed by atoms with van der Waals surface area (Å²) < 4.78 is 38.5. The highest BCUT2D eigenvalue weighted by Gasteiger charge is 2.30. The van der Waals surface area contributed by atoms with Gasteiger partial charge in [0.1, 0.15) is 0 Å². The number of rotatable bonds is 5. The van der Waals surface area contributed by atoms with E-state index in [-0.39, 0.29) is 6.03 Å². The Balaban J connectivity index is 1.08. The number of benzene rings is 1. The van der Waals surface area contributed by atoms with Crippen molar-refractivity contribution in [3.63, 3.8) is 0 Å². The zero-order valence-electron chi connectivity index (χ0n) is 21.9. The van der Waals surface area contributed by atoms with Gasteiger partial charge in [0.15, 0.2) is 5.13 Å². The van der Waals surface area contributed by atoms with Crippen LogP contribution in [0.4, 0.5) is 40.9 Å². The van der Waals surface area contributed by atoms with E-state index in [0.29, 0.717) is 48.5 Å². The summed E-state index contributed by atoms with van der Waals surface area (Å²) in [6, 6.07) is 4.56. The van der Waals surface area contributed by atoms with Crippen LogP contribution in [-0.4, -0.2) is 83.2 Å². The Morgan fingerprint density at radius 1 is 0.725 bits per heavy atom. The Bertz CT molecular complexity index is 1300. The second-order valence-corrected chi connectivity index (χ2v) is 11.0. The molecule has 40 heavy (non-hydrogen) atoms. The topological polar surface area (TPSA) is 93.6 Å². The van der Waals surface area contributed by atoms with Gasteiger partial charge in [0, 0.05) is 63.3 Å². The maximum Gasteiger partial charge on any atom is 0.416 e. The number of hydrogen-bond donors (Lipinski definition) is 1. The van der Waals surface area contributed by atoms with Gasteiger partial charge < -0.3 is 19.6 Å². The van der Waals surface area contributed by atoms with Crippen molar-refractivity contribution in [3.8, 4) is 11.3 Å². The van der Waals surface area contributed by atoms with Crippen molar-refractivity contribution < 1.29 is 18.0 Å². The smallest absolute Gasteiger partial charge is 0.341 e. The van der Waals surface area contributed by atoms with Gasteiger partial charge in [0.05, 0.1) is 11.3 Å². The molecule has 0 unspecified atom stereocenters. The van der Waals surface area contributed by atoms with Gasteiger partial charge in [-0.15, -0.1) is 11.3 Å². The van der Waals surface area contributed by atoms with Crippen LogP contribution in [-0.2, 0) is 6.18 Å².